The Morgan fingerprint density at radius 1 is 1.10 bits per heavy atom. The fraction of sp³-hybridized carbons (Fsp3) is 0.667. The zero-order chi connectivity index (χ0) is 14.7. The van der Waals surface area contributed by atoms with Gasteiger partial charge in [0.15, 0.2) is 0 Å². The lowest BCUT2D eigenvalue weighted by atomic mass is 9.95. The average molecular weight is 307 g/mol. The molecular weight excluding hydrogens is 280 g/mol. The summed E-state index contributed by atoms with van der Waals surface area (Å²) in [6.45, 7) is 8.62. The molecule has 2 fully saturated rings. The van der Waals surface area contributed by atoms with E-state index in [1.807, 2.05) is 0 Å². The van der Waals surface area contributed by atoms with Crippen molar-refractivity contribution in [2.45, 2.75) is 38.5 Å². The molecule has 0 spiro atoms. The van der Waals surface area contributed by atoms with Crippen LogP contribution in [0.25, 0.3) is 0 Å². The normalized spacial score (nSPS) is 21.1. The highest BCUT2D eigenvalue weighted by molar-refractivity contribution is 6.17. The van der Waals surface area contributed by atoms with E-state index in [1.165, 1.54) is 75.2 Å². The molecule has 0 amide bonds. The summed E-state index contributed by atoms with van der Waals surface area (Å²) in [5.41, 5.74) is 4.00. The number of nitrogens with zero attached hydrogens (tertiary/aromatic N) is 2. The van der Waals surface area contributed by atoms with Crippen LogP contribution in [0.5, 0.6) is 0 Å². The molecule has 2 heterocycles. The minimum atomic E-state index is 0.610. The molecule has 0 saturated carbocycles. The molecule has 1 aromatic rings. The predicted octanol–water partition coefficient (Wildman–Crippen LogP) is 4.05. The Bertz CT molecular complexity index is 460. The number of piperidine rings is 1. The molecule has 1 aromatic carbocycles. The fourth-order valence-electron chi connectivity index (χ4n) is 3.84. The van der Waals surface area contributed by atoms with Gasteiger partial charge in [0.1, 0.15) is 0 Å². The van der Waals surface area contributed by atoms with E-state index in [9.17, 15) is 0 Å². The zero-order valence-electron chi connectivity index (χ0n) is 13.2. The second kappa shape index (κ2) is 7.02. The van der Waals surface area contributed by atoms with Crippen LogP contribution in [-0.2, 0) is 5.88 Å². The number of rotatable bonds is 4. The molecule has 0 aromatic heterocycles. The SMILES string of the molecule is Cc1cc(CCl)ccc1N1CCC(CN2CCCC2)CC1. The number of hydrogen-bond acceptors (Lipinski definition) is 2. The first-order chi connectivity index (χ1) is 10.3. The number of likely N-dealkylation sites (tertiary alicyclic amines) is 1. The first-order valence-electron chi connectivity index (χ1n) is 8.39. The third-order valence-electron chi connectivity index (χ3n) is 5.09. The largest absolute Gasteiger partial charge is 0.371 e. The summed E-state index contributed by atoms with van der Waals surface area (Å²) >= 11 is 5.92. The number of anilines is 1. The maximum atomic E-state index is 5.92. The maximum absolute atomic E-state index is 5.92. The fourth-order valence-corrected chi connectivity index (χ4v) is 4.01. The van der Waals surface area contributed by atoms with Gasteiger partial charge in [-0.2, -0.15) is 0 Å². The van der Waals surface area contributed by atoms with Crippen LogP contribution in [0.4, 0.5) is 5.69 Å². The third kappa shape index (κ3) is 3.73. The highest BCUT2D eigenvalue weighted by Crippen LogP contribution is 2.28. The molecule has 2 nitrogen and oxygen atoms in total. The van der Waals surface area contributed by atoms with E-state index in [2.05, 4.69) is 34.9 Å². The first-order valence-corrected chi connectivity index (χ1v) is 8.92. The summed E-state index contributed by atoms with van der Waals surface area (Å²) in [5.74, 6) is 1.51. The molecule has 0 radical (unpaired) electrons. The molecule has 21 heavy (non-hydrogen) atoms. The molecule has 3 heteroatoms. The molecule has 0 bridgehead atoms. The number of halogens is 1. The van der Waals surface area contributed by atoms with Crippen LogP contribution in [0.1, 0.15) is 36.8 Å². The standard InChI is InChI=1S/C18H27ClN2/c1-15-12-17(13-19)4-5-18(15)21-10-6-16(7-11-21)14-20-8-2-3-9-20/h4-5,12,16H,2-3,6-11,13-14H2,1H3. The van der Waals surface area contributed by atoms with Crippen LogP contribution in [-0.4, -0.2) is 37.6 Å². The lowest BCUT2D eigenvalue weighted by molar-refractivity contribution is 0.249. The van der Waals surface area contributed by atoms with Crippen molar-refractivity contribution in [3.8, 4) is 0 Å². The molecule has 3 rings (SSSR count). The highest BCUT2D eigenvalue weighted by Gasteiger charge is 2.23. The van der Waals surface area contributed by atoms with Gasteiger partial charge in [-0.15, -0.1) is 11.6 Å². The van der Waals surface area contributed by atoms with E-state index in [4.69, 9.17) is 11.6 Å². The maximum Gasteiger partial charge on any atom is 0.0474 e. The second-order valence-corrected chi connectivity index (χ2v) is 6.96. The van der Waals surface area contributed by atoms with Gasteiger partial charge in [0.25, 0.3) is 0 Å². The summed E-state index contributed by atoms with van der Waals surface area (Å²) in [5, 5.41) is 0. The van der Waals surface area contributed by atoms with Gasteiger partial charge >= 0.3 is 0 Å². The molecule has 0 atom stereocenters. The van der Waals surface area contributed by atoms with Crippen molar-refractivity contribution in [1.29, 1.82) is 0 Å². The molecule has 0 N–H and O–H groups in total. The molecule has 116 valence electrons. The van der Waals surface area contributed by atoms with Crippen molar-refractivity contribution < 1.29 is 0 Å². The molecular formula is C18H27ClN2. The number of alkyl halides is 1. The summed E-state index contributed by atoms with van der Waals surface area (Å²) in [7, 11) is 0. The monoisotopic (exact) mass is 306 g/mol. The van der Waals surface area contributed by atoms with Gasteiger partial charge in [-0.25, -0.2) is 0 Å². The van der Waals surface area contributed by atoms with Gasteiger partial charge in [-0.05, 0) is 68.8 Å². The summed E-state index contributed by atoms with van der Waals surface area (Å²) in [6, 6.07) is 6.66. The van der Waals surface area contributed by atoms with Crippen LogP contribution < -0.4 is 4.90 Å². The van der Waals surface area contributed by atoms with Crippen molar-refractivity contribution >= 4 is 17.3 Å². The zero-order valence-corrected chi connectivity index (χ0v) is 13.9. The van der Waals surface area contributed by atoms with Gasteiger partial charge in [0.05, 0.1) is 0 Å². The Kier molecular flexibility index (Phi) is 5.07. The Balaban J connectivity index is 1.55. The van der Waals surface area contributed by atoms with E-state index < -0.39 is 0 Å². The van der Waals surface area contributed by atoms with E-state index >= 15 is 0 Å². The number of benzene rings is 1. The van der Waals surface area contributed by atoms with Gasteiger partial charge in [-0.1, -0.05) is 12.1 Å². The Morgan fingerprint density at radius 3 is 2.43 bits per heavy atom. The Morgan fingerprint density at radius 2 is 1.81 bits per heavy atom. The topological polar surface area (TPSA) is 6.48 Å². The van der Waals surface area contributed by atoms with Gasteiger partial charge in [0, 0.05) is 31.2 Å². The van der Waals surface area contributed by atoms with Gasteiger partial charge in [-0.3, -0.25) is 0 Å². The van der Waals surface area contributed by atoms with Crippen LogP contribution in [0, 0.1) is 12.8 Å². The molecule has 2 aliphatic rings. The van der Waals surface area contributed by atoms with Crippen molar-refractivity contribution in [2.24, 2.45) is 5.92 Å². The summed E-state index contributed by atoms with van der Waals surface area (Å²) in [4.78, 5) is 5.23. The van der Waals surface area contributed by atoms with Crippen LogP contribution >= 0.6 is 11.6 Å². The minimum absolute atomic E-state index is 0.610. The molecule has 0 unspecified atom stereocenters. The first kappa shape index (κ1) is 15.2. The predicted molar refractivity (Wildman–Crippen MR) is 91.3 cm³/mol. The Hall–Kier alpha value is -0.730. The summed E-state index contributed by atoms with van der Waals surface area (Å²) < 4.78 is 0. The second-order valence-electron chi connectivity index (χ2n) is 6.69. The smallest absolute Gasteiger partial charge is 0.0474 e. The van der Waals surface area contributed by atoms with Crippen molar-refractivity contribution in [2.75, 3.05) is 37.6 Å². The third-order valence-corrected chi connectivity index (χ3v) is 5.39. The summed E-state index contributed by atoms with van der Waals surface area (Å²) in [6.07, 6.45) is 5.50. The van der Waals surface area contributed by atoms with E-state index in [1.54, 1.807) is 0 Å². The number of aryl methyl sites for hydroxylation is 1. The van der Waals surface area contributed by atoms with Crippen molar-refractivity contribution in [3.63, 3.8) is 0 Å². The van der Waals surface area contributed by atoms with Gasteiger partial charge < -0.3 is 9.80 Å². The van der Waals surface area contributed by atoms with Gasteiger partial charge in [0.2, 0.25) is 0 Å². The molecule has 0 aliphatic carbocycles. The Labute approximate surface area is 134 Å². The van der Waals surface area contributed by atoms with Crippen LogP contribution in [0.3, 0.4) is 0 Å². The van der Waals surface area contributed by atoms with Crippen molar-refractivity contribution in [3.05, 3.63) is 29.3 Å². The molecule has 2 aliphatic heterocycles. The van der Waals surface area contributed by atoms with E-state index in [-0.39, 0.29) is 0 Å². The van der Waals surface area contributed by atoms with Crippen molar-refractivity contribution in [1.82, 2.24) is 4.90 Å². The van der Waals surface area contributed by atoms with Crippen LogP contribution in [0.2, 0.25) is 0 Å². The average Bonchev–Trinajstić information content (AvgIpc) is 3.01. The lowest BCUT2D eigenvalue weighted by Crippen LogP contribution is -2.38. The molecule has 2 saturated heterocycles. The quantitative estimate of drug-likeness (QED) is 0.774. The minimum Gasteiger partial charge on any atom is -0.371 e. The lowest BCUT2D eigenvalue weighted by Gasteiger charge is -2.36. The van der Waals surface area contributed by atoms with E-state index in [0.29, 0.717) is 5.88 Å². The van der Waals surface area contributed by atoms with Crippen LogP contribution in [0.15, 0.2) is 18.2 Å². The highest BCUT2D eigenvalue weighted by atomic mass is 35.5. The van der Waals surface area contributed by atoms with E-state index in [0.717, 1.165) is 5.92 Å². The number of hydrogen-bond donors (Lipinski definition) is 0.